The molecule has 4 aliphatic carbocycles. The number of nitrogens with one attached hydrogen (secondary N) is 1. The molecule has 4 rings (SSSR count). The standard InChI is InChI=1S/C26H36N2O5/c1-5-26(32)13-10-21-19-7-6-17-14-18(28-33-15-22(29)27-16(2)23(30)31)8-11-24(17,3)20(19)9-12-25(21,26)4/h1,14,16,19-21,32H,6-13,15H2,2-4H3,(H,27,29)(H,30,31)/b28-18+/t16-,19-,20+,21+,24+,25+,26-/m1/s1. The first-order chi connectivity index (χ1) is 15.5. The topological polar surface area (TPSA) is 108 Å². The van der Waals surface area contributed by atoms with Gasteiger partial charge in [-0.3, -0.25) is 9.59 Å². The Balaban J connectivity index is 1.43. The fourth-order valence-corrected chi connectivity index (χ4v) is 7.41. The van der Waals surface area contributed by atoms with Crippen LogP contribution in [0.25, 0.3) is 0 Å². The second kappa shape index (κ2) is 8.47. The molecule has 33 heavy (non-hydrogen) atoms. The smallest absolute Gasteiger partial charge is 0.325 e. The van der Waals surface area contributed by atoms with E-state index >= 15 is 0 Å². The molecule has 7 heteroatoms. The molecule has 7 atom stereocenters. The summed E-state index contributed by atoms with van der Waals surface area (Å²) >= 11 is 0. The molecule has 3 N–H and O–H groups in total. The third-order valence-corrected chi connectivity index (χ3v) is 9.49. The Bertz CT molecular complexity index is 935. The monoisotopic (exact) mass is 456 g/mol. The Hall–Kier alpha value is -2.33. The summed E-state index contributed by atoms with van der Waals surface area (Å²) in [6.45, 7) is 5.70. The predicted molar refractivity (Wildman–Crippen MR) is 124 cm³/mol. The SMILES string of the molecule is C#C[C@@]1(O)CC[C@H]2[C@@H]3CCC4=C/C(=N/OCC(=O)N[C@H](C)C(=O)O)CC[C@]4(C)[C@H]3CC[C@@]21C. The van der Waals surface area contributed by atoms with Gasteiger partial charge in [0, 0.05) is 5.41 Å². The van der Waals surface area contributed by atoms with Gasteiger partial charge in [-0.05, 0) is 87.5 Å². The van der Waals surface area contributed by atoms with Crippen molar-refractivity contribution >= 4 is 17.6 Å². The summed E-state index contributed by atoms with van der Waals surface area (Å²) < 4.78 is 0. The number of carbonyl (C=O) groups is 2. The molecule has 0 aromatic carbocycles. The summed E-state index contributed by atoms with van der Waals surface area (Å²) in [5.41, 5.74) is 1.21. The number of aliphatic carboxylic acids is 1. The lowest BCUT2D eigenvalue weighted by Crippen LogP contribution is -2.54. The van der Waals surface area contributed by atoms with Crippen LogP contribution in [-0.4, -0.2) is 46.1 Å². The highest BCUT2D eigenvalue weighted by atomic mass is 16.6. The molecule has 0 bridgehead atoms. The lowest BCUT2D eigenvalue weighted by atomic mass is 9.46. The van der Waals surface area contributed by atoms with E-state index in [1.54, 1.807) is 0 Å². The number of nitrogens with zero attached hydrogens (tertiary/aromatic N) is 1. The van der Waals surface area contributed by atoms with Gasteiger partial charge in [0.25, 0.3) is 5.91 Å². The largest absolute Gasteiger partial charge is 0.480 e. The van der Waals surface area contributed by atoms with Gasteiger partial charge in [0.05, 0.1) is 5.71 Å². The highest BCUT2D eigenvalue weighted by Gasteiger charge is 2.63. The van der Waals surface area contributed by atoms with Crippen molar-refractivity contribution in [2.24, 2.45) is 33.7 Å². The van der Waals surface area contributed by atoms with E-state index in [2.05, 4.69) is 36.3 Å². The molecule has 7 nitrogen and oxygen atoms in total. The summed E-state index contributed by atoms with van der Waals surface area (Å²) in [6.07, 6.45) is 15.6. The minimum Gasteiger partial charge on any atom is -0.480 e. The highest BCUT2D eigenvalue weighted by molar-refractivity contribution is 5.96. The maximum absolute atomic E-state index is 11.8. The predicted octanol–water partition coefficient (Wildman–Crippen LogP) is 3.28. The Morgan fingerprint density at radius 2 is 1.97 bits per heavy atom. The van der Waals surface area contributed by atoms with Gasteiger partial charge in [-0.1, -0.05) is 30.5 Å². The average Bonchev–Trinajstić information content (AvgIpc) is 3.05. The zero-order valence-electron chi connectivity index (χ0n) is 19.9. The fraction of sp³-hybridized carbons (Fsp3) is 0.731. The van der Waals surface area contributed by atoms with Crippen molar-refractivity contribution in [3.63, 3.8) is 0 Å². The van der Waals surface area contributed by atoms with E-state index in [9.17, 15) is 14.7 Å². The third kappa shape index (κ3) is 3.86. The number of terminal acetylenes is 1. The number of allylic oxidation sites excluding steroid dienone is 2. The van der Waals surface area contributed by atoms with Gasteiger partial charge in [0.1, 0.15) is 11.6 Å². The minimum absolute atomic E-state index is 0.119. The van der Waals surface area contributed by atoms with Crippen molar-refractivity contribution < 1.29 is 24.6 Å². The van der Waals surface area contributed by atoms with E-state index in [-0.39, 0.29) is 17.4 Å². The highest BCUT2D eigenvalue weighted by Crippen LogP contribution is 2.67. The van der Waals surface area contributed by atoms with Crippen LogP contribution < -0.4 is 5.32 Å². The van der Waals surface area contributed by atoms with Gasteiger partial charge >= 0.3 is 5.97 Å². The molecule has 0 heterocycles. The van der Waals surface area contributed by atoms with Gasteiger partial charge in [0.2, 0.25) is 0 Å². The van der Waals surface area contributed by atoms with E-state index in [1.807, 2.05) is 0 Å². The number of aliphatic hydroxyl groups is 1. The molecule has 0 aromatic heterocycles. The Morgan fingerprint density at radius 3 is 2.67 bits per heavy atom. The molecule has 0 aromatic rings. The van der Waals surface area contributed by atoms with Gasteiger partial charge in [0.15, 0.2) is 6.61 Å². The summed E-state index contributed by atoms with van der Waals surface area (Å²) in [5.74, 6) is 2.80. The Kier molecular flexibility index (Phi) is 6.11. The van der Waals surface area contributed by atoms with Crippen LogP contribution in [0.1, 0.15) is 72.1 Å². The second-order valence-corrected chi connectivity index (χ2v) is 11.0. The average molecular weight is 457 g/mol. The van der Waals surface area contributed by atoms with Crippen molar-refractivity contribution in [3.05, 3.63) is 11.6 Å². The number of rotatable bonds is 5. The summed E-state index contributed by atoms with van der Waals surface area (Å²) in [4.78, 5) is 27.9. The van der Waals surface area contributed by atoms with Crippen LogP contribution in [0, 0.1) is 40.9 Å². The summed E-state index contributed by atoms with van der Waals surface area (Å²) in [5, 5.41) is 26.5. The molecule has 1 amide bonds. The molecule has 3 fully saturated rings. The van der Waals surface area contributed by atoms with Crippen LogP contribution in [0.5, 0.6) is 0 Å². The normalized spacial score (nSPS) is 41.6. The molecule has 4 aliphatic rings. The molecular weight excluding hydrogens is 420 g/mol. The van der Waals surface area contributed by atoms with Crippen molar-refractivity contribution in [1.82, 2.24) is 5.32 Å². The Morgan fingerprint density at radius 1 is 1.24 bits per heavy atom. The van der Waals surface area contributed by atoms with Crippen LogP contribution >= 0.6 is 0 Å². The summed E-state index contributed by atoms with van der Waals surface area (Å²) in [6, 6.07) is -0.963. The zero-order valence-corrected chi connectivity index (χ0v) is 19.9. The van der Waals surface area contributed by atoms with E-state index in [0.717, 1.165) is 50.7 Å². The number of fused-ring (bicyclic) bond motifs is 5. The third-order valence-electron chi connectivity index (χ3n) is 9.49. The number of oxime groups is 1. The molecule has 0 radical (unpaired) electrons. The van der Waals surface area contributed by atoms with E-state index < -0.39 is 23.5 Å². The lowest BCUT2D eigenvalue weighted by molar-refractivity contribution is -0.142. The zero-order chi connectivity index (χ0) is 24.0. The van der Waals surface area contributed by atoms with E-state index in [4.69, 9.17) is 16.4 Å². The van der Waals surface area contributed by atoms with Crippen LogP contribution in [-0.2, 0) is 14.4 Å². The molecule has 3 saturated carbocycles. The first-order valence-corrected chi connectivity index (χ1v) is 12.2. The van der Waals surface area contributed by atoms with Crippen LogP contribution in [0.2, 0.25) is 0 Å². The first-order valence-electron chi connectivity index (χ1n) is 12.2. The number of carboxylic acids is 1. The van der Waals surface area contributed by atoms with Crippen LogP contribution in [0.4, 0.5) is 0 Å². The van der Waals surface area contributed by atoms with Crippen LogP contribution in [0.3, 0.4) is 0 Å². The van der Waals surface area contributed by atoms with Crippen molar-refractivity contribution in [2.45, 2.75) is 83.8 Å². The first kappa shape index (κ1) is 23.8. The van der Waals surface area contributed by atoms with Crippen molar-refractivity contribution in [2.75, 3.05) is 6.61 Å². The van der Waals surface area contributed by atoms with Gasteiger partial charge in [-0.25, -0.2) is 0 Å². The Labute approximate surface area is 196 Å². The number of carbonyl (C=O) groups excluding carboxylic acids is 1. The van der Waals surface area contributed by atoms with Crippen LogP contribution in [0.15, 0.2) is 16.8 Å². The quantitative estimate of drug-likeness (QED) is 0.435. The molecule has 0 spiro atoms. The number of hydrogen-bond acceptors (Lipinski definition) is 5. The van der Waals surface area contributed by atoms with E-state index in [0.29, 0.717) is 24.2 Å². The fourth-order valence-electron chi connectivity index (χ4n) is 7.41. The van der Waals surface area contributed by atoms with Gasteiger partial charge in [-0.2, -0.15) is 0 Å². The lowest BCUT2D eigenvalue weighted by Gasteiger charge is -2.58. The number of amides is 1. The number of carboxylic acid groups (broad SMARTS) is 1. The molecule has 0 unspecified atom stereocenters. The van der Waals surface area contributed by atoms with Crippen molar-refractivity contribution in [1.29, 1.82) is 0 Å². The van der Waals surface area contributed by atoms with Gasteiger partial charge in [-0.15, -0.1) is 6.42 Å². The number of hydrogen-bond donors (Lipinski definition) is 3. The maximum Gasteiger partial charge on any atom is 0.325 e. The van der Waals surface area contributed by atoms with Gasteiger partial charge < -0.3 is 20.4 Å². The molecule has 0 saturated heterocycles. The second-order valence-electron chi connectivity index (χ2n) is 11.0. The summed E-state index contributed by atoms with van der Waals surface area (Å²) in [7, 11) is 0. The minimum atomic E-state index is -1.09. The molecule has 0 aliphatic heterocycles. The molecular formula is C26H36N2O5. The van der Waals surface area contributed by atoms with E-state index in [1.165, 1.54) is 12.5 Å². The maximum atomic E-state index is 11.8. The molecule has 180 valence electrons. The van der Waals surface area contributed by atoms with Crippen molar-refractivity contribution in [3.8, 4) is 12.3 Å².